The van der Waals surface area contributed by atoms with Gasteiger partial charge in [0.25, 0.3) is 0 Å². The second-order valence-corrected chi connectivity index (χ2v) is 10.3. The lowest BCUT2D eigenvalue weighted by atomic mass is 9.97. The van der Waals surface area contributed by atoms with Crippen LogP contribution in [-0.2, 0) is 11.3 Å². The predicted octanol–water partition coefficient (Wildman–Crippen LogP) is 5.82. The van der Waals surface area contributed by atoms with Gasteiger partial charge in [0.15, 0.2) is 5.82 Å². The highest BCUT2D eigenvalue weighted by atomic mass is 32.1. The average Bonchev–Trinajstić information content (AvgIpc) is 3.55. The molecule has 2 aromatic carbocycles. The number of aryl methyl sites for hydroxylation is 1. The number of hydrogen-bond donors (Lipinski definition) is 2. The summed E-state index contributed by atoms with van der Waals surface area (Å²) >= 11 is 1.72. The summed E-state index contributed by atoms with van der Waals surface area (Å²) in [6.07, 6.45) is 3.30. The number of halogens is 1. The molecule has 1 atom stereocenters. The minimum atomic E-state index is -0.238. The smallest absolute Gasteiger partial charge is 0.225 e. The van der Waals surface area contributed by atoms with E-state index in [-0.39, 0.29) is 17.6 Å². The number of aromatic nitrogens is 3. The molecule has 1 aliphatic heterocycles. The molecule has 0 bridgehead atoms. The fraction of sp³-hybridized carbons (Fsp3) is 0.250. The number of fused-ring (bicyclic) bond motifs is 2. The van der Waals surface area contributed by atoms with Gasteiger partial charge in [0.05, 0.1) is 11.4 Å². The number of hydrogen-bond acceptors (Lipinski definition) is 5. The van der Waals surface area contributed by atoms with Gasteiger partial charge in [-0.1, -0.05) is 18.2 Å². The largest absolute Gasteiger partial charge is 0.354 e. The Balaban J connectivity index is 1.19. The molecule has 0 aliphatic carbocycles. The zero-order valence-electron chi connectivity index (χ0n) is 19.9. The van der Waals surface area contributed by atoms with E-state index in [0.717, 1.165) is 53.1 Å². The number of piperidine rings is 1. The molecular weight excluding hydrogens is 473 g/mol. The topological polar surface area (TPSA) is 73.9 Å². The van der Waals surface area contributed by atoms with Crippen molar-refractivity contribution in [3.63, 3.8) is 0 Å². The molecule has 8 heteroatoms. The van der Waals surface area contributed by atoms with Crippen LogP contribution in [0.1, 0.15) is 24.0 Å². The monoisotopic (exact) mass is 499 g/mol. The Labute approximate surface area is 212 Å². The molecule has 2 N–H and O–H groups in total. The number of rotatable bonds is 5. The molecular formula is C28H26FN5OS. The van der Waals surface area contributed by atoms with Gasteiger partial charge in [-0.15, -0.1) is 11.3 Å². The summed E-state index contributed by atoms with van der Waals surface area (Å²) in [7, 11) is 0. The molecule has 0 saturated carbocycles. The number of thiophene rings is 1. The van der Waals surface area contributed by atoms with E-state index in [1.54, 1.807) is 30.7 Å². The van der Waals surface area contributed by atoms with E-state index in [2.05, 4.69) is 54.8 Å². The van der Waals surface area contributed by atoms with Crippen LogP contribution in [0, 0.1) is 18.7 Å². The van der Waals surface area contributed by atoms with Gasteiger partial charge in [-0.3, -0.25) is 4.79 Å². The predicted molar refractivity (Wildman–Crippen MR) is 143 cm³/mol. The van der Waals surface area contributed by atoms with Crippen molar-refractivity contribution < 1.29 is 9.18 Å². The minimum Gasteiger partial charge on any atom is -0.354 e. The zero-order chi connectivity index (χ0) is 24.6. The van der Waals surface area contributed by atoms with E-state index in [9.17, 15) is 9.18 Å². The summed E-state index contributed by atoms with van der Waals surface area (Å²) in [5.41, 5.74) is 4.84. The van der Waals surface area contributed by atoms with Gasteiger partial charge in [-0.05, 0) is 72.0 Å². The molecule has 5 aromatic rings. The van der Waals surface area contributed by atoms with Crippen LogP contribution in [0.5, 0.6) is 0 Å². The minimum absolute atomic E-state index is 0.0673. The lowest BCUT2D eigenvalue weighted by Gasteiger charge is -2.33. The van der Waals surface area contributed by atoms with Crippen molar-refractivity contribution in [3.05, 3.63) is 77.2 Å². The maximum atomic E-state index is 14.1. The first-order valence-electron chi connectivity index (χ1n) is 12.1. The van der Waals surface area contributed by atoms with Crippen LogP contribution < -0.4 is 10.2 Å². The van der Waals surface area contributed by atoms with Crippen molar-refractivity contribution in [2.75, 3.05) is 18.0 Å². The molecule has 1 amide bonds. The Morgan fingerprint density at radius 1 is 1.19 bits per heavy atom. The first-order valence-corrected chi connectivity index (χ1v) is 13.0. The Bertz CT molecular complexity index is 1580. The van der Waals surface area contributed by atoms with Crippen LogP contribution >= 0.6 is 11.3 Å². The van der Waals surface area contributed by atoms with E-state index in [0.29, 0.717) is 18.7 Å². The maximum Gasteiger partial charge on any atom is 0.225 e. The van der Waals surface area contributed by atoms with Crippen LogP contribution in [0.3, 0.4) is 0 Å². The number of H-pyrrole nitrogens is 1. The number of nitrogens with one attached hydrogen (secondary N) is 2. The lowest BCUT2D eigenvalue weighted by molar-refractivity contribution is -0.125. The molecule has 6 nitrogen and oxygen atoms in total. The number of carbonyl (C=O) groups excluding carboxylic acids is 1. The van der Waals surface area contributed by atoms with Gasteiger partial charge >= 0.3 is 0 Å². The van der Waals surface area contributed by atoms with Gasteiger partial charge < -0.3 is 15.2 Å². The molecule has 1 saturated heterocycles. The Kier molecular flexibility index (Phi) is 5.89. The quantitative estimate of drug-likeness (QED) is 0.320. The first-order chi connectivity index (χ1) is 17.5. The van der Waals surface area contributed by atoms with Gasteiger partial charge in [0.1, 0.15) is 17.7 Å². The van der Waals surface area contributed by atoms with Gasteiger partial charge in [-0.2, -0.15) is 0 Å². The van der Waals surface area contributed by atoms with Crippen molar-refractivity contribution in [1.82, 2.24) is 20.3 Å². The van der Waals surface area contributed by atoms with Crippen molar-refractivity contribution in [1.29, 1.82) is 0 Å². The molecule has 6 rings (SSSR count). The zero-order valence-corrected chi connectivity index (χ0v) is 20.7. The summed E-state index contributed by atoms with van der Waals surface area (Å²) in [5.74, 6) is 0.490. The second kappa shape index (κ2) is 9.35. The molecule has 0 radical (unpaired) electrons. The number of benzene rings is 2. The Morgan fingerprint density at radius 2 is 2.11 bits per heavy atom. The molecule has 3 aromatic heterocycles. The summed E-state index contributed by atoms with van der Waals surface area (Å²) < 4.78 is 15.4. The van der Waals surface area contributed by atoms with Crippen molar-refractivity contribution >= 4 is 44.2 Å². The number of amides is 1. The first kappa shape index (κ1) is 22.7. The second-order valence-electron chi connectivity index (χ2n) is 9.40. The van der Waals surface area contributed by atoms with Crippen molar-refractivity contribution in [2.45, 2.75) is 26.3 Å². The number of aromatic amines is 1. The summed E-state index contributed by atoms with van der Waals surface area (Å²) in [6, 6.07) is 15.6. The van der Waals surface area contributed by atoms with Crippen molar-refractivity contribution in [3.8, 4) is 11.3 Å². The normalized spacial score (nSPS) is 16.1. The van der Waals surface area contributed by atoms with E-state index >= 15 is 0 Å². The van der Waals surface area contributed by atoms with Crippen LogP contribution in [0.4, 0.5) is 10.2 Å². The summed E-state index contributed by atoms with van der Waals surface area (Å²) in [4.78, 5) is 27.6. The van der Waals surface area contributed by atoms with Gasteiger partial charge in [0.2, 0.25) is 5.91 Å². The van der Waals surface area contributed by atoms with E-state index in [1.165, 1.54) is 16.2 Å². The fourth-order valence-corrected chi connectivity index (χ4v) is 5.70. The SMILES string of the molecule is Cc1ccc(-c2cc3ncnc(N4CCC[C@H](C(=O)NCc5ccc6sccc6c5)C4)c3[nH]2)cc1F. The lowest BCUT2D eigenvalue weighted by Crippen LogP contribution is -2.43. The number of carbonyl (C=O) groups is 1. The highest BCUT2D eigenvalue weighted by Crippen LogP contribution is 2.31. The average molecular weight is 500 g/mol. The third-order valence-corrected chi connectivity index (χ3v) is 7.85. The fourth-order valence-electron chi connectivity index (χ4n) is 4.93. The standard InChI is InChI=1S/C28H26FN5OS/c1-17-4-6-19(12-22(17)29)23-13-24-26(33-23)27(32-16-31-24)34-9-2-3-21(15-34)28(35)30-14-18-5-7-25-20(11-18)8-10-36-25/h4-8,10-13,16,21,33H,2-3,9,14-15H2,1H3,(H,30,35)/t21-/m0/s1. The van der Waals surface area contributed by atoms with Gasteiger partial charge in [0, 0.05) is 35.6 Å². The number of nitrogens with zero attached hydrogens (tertiary/aromatic N) is 3. The molecule has 0 spiro atoms. The third kappa shape index (κ3) is 4.33. The molecule has 0 unspecified atom stereocenters. The van der Waals surface area contributed by atoms with Crippen LogP contribution in [0.2, 0.25) is 0 Å². The van der Waals surface area contributed by atoms with Crippen molar-refractivity contribution in [2.24, 2.45) is 5.92 Å². The van der Waals surface area contributed by atoms with E-state index < -0.39 is 0 Å². The molecule has 4 heterocycles. The van der Waals surface area contributed by atoms with Crippen LogP contribution in [0.15, 0.2) is 60.2 Å². The van der Waals surface area contributed by atoms with Crippen LogP contribution in [-0.4, -0.2) is 33.9 Å². The highest BCUT2D eigenvalue weighted by Gasteiger charge is 2.28. The highest BCUT2D eigenvalue weighted by molar-refractivity contribution is 7.17. The Morgan fingerprint density at radius 3 is 3.00 bits per heavy atom. The third-order valence-electron chi connectivity index (χ3n) is 6.96. The molecule has 1 fully saturated rings. The molecule has 1 aliphatic rings. The Hall–Kier alpha value is -3.78. The van der Waals surface area contributed by atoms with Crippen LogP contribution in [0.25, 0.3) is 32.4 Å². The number of anilines is 1. The van der Waals surface area contributed by atoms with E-state index in [1.807, 2.05) is 12.1 Å². The molecule has 182 valence electrons. The van der Waals surface area contributed by atoms with Gasteiger partial charge in [-0.25, -0.2) is 14.4 Å². The van der Waals surface area contributed by atoms with E-state index in [4.69, 9.17) is 0 Å². The maximum absolute atomic E-state index is 14.1. The molecule has 36 heavy (non-hydrogen) atoms. The summed E-state index contributed by atoms with van der Waals surface area (Å²) in [6.45, 7) is 3.68. The summed E-state index contributed by atoms with van der Waals surface area (Å²) in [5, 5.41) is 6.43.